The SMILES string of the molecule is CC.CC.Cc1nc(C(F)(F)F)oc1C. The molecule has 0 aliphatic rings. The van der Waals surface area contributed by atoms with E-state index in [2.05, 4.69) is 9.40 Å². The summed E-state index contributed by atoms with van der Waals surface area (Å²) < 4.78 is 39.8. The average molecular weight is 225 g/mol. The molecule has 1 heterocycles. The van der Waals surface area contributed by atoms with Crippen LogP contribution in [0.15, 0.2) is 4.42 Å². The van der Waals surface area contributed by atoms with E-state index < -0.39 is 12.1 Å². The second-order valence-corrected chi connectivity index (χ2v) is 2.16. The zero-order chi connectivity index (χ0) is 12.6. The van der Waals surface area contributed by atoms with Gasteiger partial charge in [0.15, 0.2) is 0 Å². The molecule has 0 amide bonds. The Morgan fingerprint density at radius 3 is 1.53 bits per heavy atom. The second-order valence-electron chi connectivity index (χ2n) is 2.16. The first-order valence-electron chi connectivity index (χ1n) is 4.92. The highest BCUT2D eigenvalue weighted by atomic mass is 19.4. The predicted molar refractivity (Wildman–Crippen MR) is 53.7 cm³/mol. The Kier molecular flexibility index (Phi) is 8.01. The van der Waals surface area contributed by atoms with Gasteiger partial charge in [0.25, 0.3) is 0 Å². The Morgan fingerprint density at radius 2 is 1.40 bits per heavy atom. The molecule has 1 aromatic heterocycles. The molecular formula is C10H18F3NO. The number of aryl methyl sites for hydroxylation is 2. The van der Waals surface area contributed by atoms with Crippen LogP contribution in [-0.2, 0) is 6.18 Å². The summed E-state index contributed by atoms with van der Waals surface area (Å²) >= 11 is 0. The van der Waals surface area contributed by atoms with Gasteiger partial charge in [0.2, 0.25) is 0 Å². The minimum atomic E-state index is -4.47. The smallest absolute Gasteiger partial charge is 0.438 e. The normalized spacial score (nSPS) is 9.67. The standard InChI is InChI=1S/C6H6F3NO.2C2H6/c1-3-4(2)11-5(10-3)6(7,8)9;2*1-2/h1-2H3;2*1-2H3. The molecule has 0 fully saturated rings. The quantitative estimate of drug-likeness (QED) is 0.655. The Hall–Kier alpha value is -1.00. The van der Waals surface area contributed by atoms with Crippen LogP contribution in [0.25, 0.3) is 0 Å². The van der Waals surface area contributed by atoms with Crippen LogP contribution in [0, 0.1) is 13.8 Å². The van der Waals surface area contributed by atoms with Crippen molar-refractivity contribution in [2.75, 3.05) is 0 Å². The highest BCUT2D eigenvalue weighted by molar-refractivity contribution is 5.06. The molecule has 0 N–H and O–H groups in total. The molecule has 0 atom stereocenters. The number of alkyl halides is 3. The summed E-state index contributed by atoms with van der Waals surface area (Å²) in [6.45, 7) is 10.9. The molecular weight excluding hydrogens is 207 g/mol. The maximum atomic E-state index is 11.8. The fourth-order valence-electron chi connectivity index (χ4n) is 0.594. The van der Waals surface area contributed by atoms with Crippen molar-refractivity contribution in [3.63, 3.8) is 0 Å². The lowest BCUT2D eigenvalue weighted by Crippen LogP contribution is -2.04. The molecule has 0 saturated heterocycles. The molecule has 15 heavy (non-hydrogen) atoms. The van der Waals surface area contributed by atoms with Crippen LogP contribution in [0.1, 0.15) is 45.0 Å². The summed E-state index contributed by atoms with van der Waals surface area (Å²) in [5.41, 5.74) is 0.275. The Labute approximate surface area is 88.5 Å². The third-order valence-electron chi connectivity index (χ3n) is 1.27. The molecule has 0 aromatic carbocycles. The minimum absolute atomic E-state index is 0.206. The van der Waals surface area contributed by atoms with Crippen molar-refractivity contribution >= 4 is 0 Å². The Balaban J connectivity index is 0. The van der Waals surface area contributed by atoms with E-state index in [1.165, 1.54) is 13.8 Å². The molecule has 0 aliphatic heterocycles. The van der Waals surface area contributed by atoms with Gasteiger partial charge < -0.3 is 4.42 Å². The van der Waals surface area contributed by atoms with Crippen LogP contribution in [0.3, 0.4) is 0 Å². The van der Waals surface area contributed by atoms with Gasteiger partial charge in [-0.1, -0.05) is 27.7 Å². The number of halogens is 3. The van der Waals surface area contributed by atoms with E-state index in [0.717, 1.165) is 0 Å². The zero-order valence-corrected chi connectivity index (χ0v) is 9.99. The van der Waals surface area contributed by atoms with Crippen LogP contribution in [0.2, 0.25) is 0 Å². The van der Waals surface area contributed by atoms with Crippen LogP contribution in [0.4, 0.5) is 13.2 Å². The number of hydrogen-bond donors (Lipinski definition) is 0. The van der Waals surface area contributed by atoms with E-state index in [-0.39, 0.29) is 11.5 Å². The largest absolute Gasteiger partial charge is 0.468 e. The van der Waals surface area contributed by atoms with E-state index in [4.69, 9.17) is 0 Å². The van der Waals surface area contributed by atoms with Crippen molar-refractivity contribution in [2.24, 2.45) is 0 Å². The maximum absolute atomic E-state index is 11.8. The number of aromatic nitrogens is 1. The summed E-state index contributed by atoms with van der Waals surface area (Å²) in [6, 6.07) is 0. The Bertz CT molecular complexity index is 247. The molecule has 1 aromatic rings. The van der Waals surface area contributed by atoms with E-state index in [1.54, 1.807) is 0 Å². The molecule has 90 valence electrons. The monoisotopic (exact) mass is 225 g/mol. The fourth-order valence-corrected chi connectivity index (χ4v) is 0.594. The third kappa shape index (κ3) is 5.44. The van der Waals surface area contributed by atoms with Gasteiger partial charge in [-0.2, -0.15) is 13.2 Å². The highest BCUT2D eigenvalue weighted by Crippen LogP contribution is 2.29. The molecule has 0 spiro atoms. The van der Waals surface area contributed by atoms with E-state index in [9.17, 15) is 13.2 Å². The molecule has 1 rings (SSSR count). The second kappa shape index (κ2) is 7.31. The molecule has 0 aliphatic carbocycles. The third-order valence-corrected chi connectivity index (χ3v) is 1.27. The first kappa shape index (κ1) is 16.4. The van der Waals surface area contributed by atoms with E-state index in [1.807, 2.05) is 27.7 Å². The van der Waals surface area contributed by atoms with Crippen molar-refractivity contribution in [2.45, 2.75) is 47.7 Å². The predicted octanol–water partition coefficient (Wildman–Crippen LogP) is 4.36. The summed E-state index contributed by atoms with van der Waals surface area (Å²) in [5, 5.41) is 0. The topological polar surface area (TPSA) is 26.0 Å². The summed E-state index contributed by atoms with van der Waals surface area (Å²) in [4.78, 5) is 3.19. The average Bonchev–Trinajstić information content (AvgIpc) is 2.53. The van der Waals surface area contributed by atoms with Gasteiger partial charge in [-0.25, -0.2) is 4.98 Å². The lowest BCUT2D eigenvalue weighted by Gasteiger charge is -1.97. The lowest BCUT2D eigenvalue weighted by molar-refractivity contribution is -0.157. The molecule has 2 nitrogen and oxygen atoms in total. The van der Waals surface area contributed by atoms with E-state index >= 15 is 0 Å². The van der Waals surface area contributed by atoms with Crippen molar-refractivity contribution in [1.82, 2.24) is 4.98 Å². The molecule has 0 unspecified atom stereocenters. The summed E-state index contributed by atoms with van der Waals surface area (Å²) in [6.07, 6.45) is -4.47. The minimum Gasteiger partial charge on any atom is -0.438 e. The summed E-state index contributed by atoms with van der Waals surface area (Å²) in [5.74, 6) is -0.968. The van der Waals surface area contributed by atoms with Crippen molar-refractivity contribution < 1.29 is 17.6 Å². The highest BCUT2D eigenvalue weighted by Gasteiger charge is 2.37. The van der Waals surface area contributed by atoms with Crippen LogP contribution in [0.5, 0.6) is 0 Å². The Morgan fingerprint density at radius 1 is 1.00 bits per heavy atom. The molecule has 0 saturated carbocycles. The van der Waals surface area contributed by atoms with Gasteiger partial charge in [-0.3, -0.25) is 0 Å². The number of nitrogens with zero attached hydrogens (tertiary/aromatic N) is 1. The maximum Gasteiger partial charge on any atom is 0.468 e. The van der Waals surface area contributed by atoms with E-state index in [0.29, 0.717) is 0 Å². The van der Waals surface area contributed by atoms with Crippen LogP contribution in [-0.4, -0.2) is 4.98 Å². The van der Waals surface area contributed by atoms with Gasteiger partial charge in [0.1, 0.15) is 5.76 Å². The fraction of sp³-hybridized carbons (Fsp3) is 0.700. The van der Waals surface area contributed by atoms with Crippen molar-refractivity contribution in [3.8, 4) is 0 Å². The van der Waals surface area contributed by atoms with Crippen LogP contribution < -0.4 is 0 Å². The summed E-state index contributed by atoms with van der Waals surface area (Å²) in [7, 11) is 0. The molecule has 0 bridgehead atoms. The van der Waals surface area contributed by atoms with Gasteiger partial charge in [-0.05, 0) is 13.8 Å². The van der Waals surface area contributed by atoms with Crippen molar-refractivity contribution in [1.29, 1.82) is 0 Å². The number of hydrogen-bond acceptors (Lipinski definition) is 2. The van der Waals surface area contributed by atoms with Gasteiger partial charge >= 0.3 is 12.1 Å². The van der Waals surface area contributed by atoms with Gasteiger partial charge in [0.05, 0.1) is 5.69 Å². The lowest BCUT2D eigenvalue weighted by atomic mass is 10.4. The number of oxazole rings is 1. The van der Waals surface area contributed by atoms with Crippen molar-refractivity contribution in [3.05, 3.63) is 17.3 Å². The van der Waals surface area contributed by atoms with Crippen LogP contribution >= 0.6 is 0 Å². The van der Waals surface area contributed by atoms with Gasteiger partial charge in [0, 0.05) is 0 Å². The number of rotatable bonds is 0. The first-order valence-corrected chi connectivity index (χ1v) is 4.92. The van der Waals surface area contributed by atoms with Gasteiger partial charge in [-0.15, -0.1) is 0 Å². The molecule has 5 heteroatoms. The molecule has 0 radical (unpaired) electrons. The zero-order valence-electron chi connectivity index (χ0n) is 9.99. The first-order chi connectivity index (χ1) is 6.91.